The van der Waals surface area contributed by atoms with E-state index in [1.54, 1.807) is 6.92 Å². The Hall–Kier alpha value is -1.72. The van der Waals surface area contributed by atoms with Gasteiger partial charge in [0.05, 0.1) is 23.3 Å². The highest BCUT2D eigenvalue weighted by molar-refractivity contribution is 5.76. The summed E-state index contributed by atoms with van der Waals surface area (Å²) < 4.78 is 0. The lowest BCUT2D eigenvalue weighted by atomic mass is 10.1. The molecule has 5 nitrogen and oxygen atoms in total. The third-order valence-electron chi connectivity index (χ3n) is 2.72. The van der Waals surface area contributed by atoms with Crippen LogP contribution in [0, 0.1) is 6.92 Å². The molecule has 0 amide bonds. The fourth-order valence-electron chi connectivity index (χ4n) is 1.59. The van der Waals surface area contributed by atoms with Crippen LogP contribution in [0.15, 0.2) is 24.3 Å². The molecule has 96 valence electrons. The van der Waals surface area contributed by atoms with E-state index >= 15 is 0 Å². The van der Waals surface area contributed by atoms with Crippen molar-refractivity contribution in [3.8, 4) is 0 Å². The molecule has 0 spiro atoms. The van der Waals surface area contributed by atoms with Gasteiger partial charge < -0.3 is 15.5 Å². The lowest BCUT2D eigenvalue weighted by Gasteiger charge is -2.21. The summed E-state index contributed by atoms with van der Waals surface area (Å²) in [6.07, 6.45) is 0. The molecule has 2 rings (SSSR count). The van der Waals surface area contributed by atoms with Crippen LogP contribution < -0.4 is 5.32 Å². The van der Waals surface area contributed by atoms with Crippen LogP contribution in [0.5, 0.6) is 0 Å². The van der Waals surface area contributed by atoms with Crippen molar-refractivity contribution in [2.45, 2.75) is 19.4 Å². The maximum absolute atomic E-state index is 9.73. The van der Waals surface area contributed by atoms with Crippen LogP contribution in [-0.4, -0.2) is 38.9 Å². The zero-order chi connectivity index (χ0) is 13.2. The largest absolute Gasteiger partial charge is 0.393 e. The van der Waals surface area contributed by atoms with E-state index in [1.807, 2.05) is 31.2 Å². The number of aliphatic hydroxyl groups excluding tert-OH is 1. The minimum absolute atomic E-state index is 0.220. The second-order valence-corrected chi connectivity index (χ2v) is 4.65. The maximum Gasteiger partial charge on any atom is 0.148 e. The number of benzene rings is 1. The van der Waals surface area contributed by atoms with Gasteiger partial charge in [0.15, 0.2) is 0 Å². The van der Waals surface area contributed by atoms with Crippen LogP contribution in [0.1, 0.15) is 12.6 Å². The summed E-state index contributed by atoms with van der Waals surface area (Å²) in [5.41, 5.74) is 1.24. The molecule has 0 fully saturated rings. The van der Waals surface area contributed by atoms with Crippen molar-refractivity contribution in [3.05, 3.63) is 30.0 Å². The minimum atomic E-state index is -1.17. The van der Waals surface area contributed by atoms with Gasteiger partial charge in [-0.2, -0.15) is 0 Å². The molecule has 1 atom stereocenters. The van der Waals surface area contributed by atoms with Gasteiger partial charge in [0.25, 0.3) is 0 Å². The number of aliphatic hydroxyl groups is 2. The molecule has 1 unspecified atom stereocenters. The first kappa shape index (κ1) is 12.7. The molecule has 0 aliphatic carbocycles. The Labute approximate surface area is 106 Å². The number of para-hydroxylation sites is 2. The predicted octanol–water partition coefficient (Wildman–Crippen LogP) is 1.09. The van der Waals surface area contributed by atoms with Gasteiger partial charge in [-0.1, -0.05) is 12.1 Å². The molecule has 5 heteroatoms. The number of hydrogen-bond donors (Lipinski definition) is 3. The zero-order valence-corrected chi connectivity index (χ0v) is 10.5. The van der Waals surface area contributed by atoms with Gasteiger partial charge in [-0.3, -0.25) is 0 Å². The summed E-state index contributed by atoms with van der Waals surface area (Å²) in [5.74, 6) is 0.627. The van der Waals surface area contributed by atoms with Crippen LogP contribution in [-0.2, 0) is 0 Å². The lowest BCUT2D eigenvalue weighted by Crippen LogP contribution is -2.37. The molecule has 1 heterocycles. The Morgan fingerprint density at radius 3 is 2.44 bits per heavy atom. The Morgan fingerprint density at radius 1 is 1.22 bits per heavy atom. The Morgan fingerprint density at radius 2 is 1.83 bits per heavy atom. The molecule has 0 aliphatic rings. The first-order valence-corrected chi connectivity index (χ1v) is 5.82. The van der Waals surface area contributed by atoms with Crippen LogP contribution in [0.25, 0.3) is 11.0 Å². The molecule has 0 saturated carbocycles. The standard InChI is InChI=1S/C13H17N3O2/c1-9-12(14-7-13(2,18)8-17)16-11-6-4-3-5-10(11)15-9/h3-6,17-18H,7-8H2,1-2H3,(H,14,16). The summed E-state index contributed by atoms with van der Waals surface area (Å²) in [7, 11) is 0. The van der Waals surface area contributed by atoms with Gasteiger partial charge in [-0.05, 0) is 26.0 Å². The van der Waals surface area contributed by atoms with Crippen molar-refractivity contribution in [1.29, 1.82) is 0 Å². The van der Waals surface area contributed by atoms with E-state index in [2.05, 4.69) is 15.3 Å². The van der Waals surface area contributed by atoms with Crippen LogP contribution in [0.4, 0.5) is 5.82 Å². The second kappa shape index (κ2) is 4.88. The number of nitrogens with one attached hydrogen (secondary N) is 1. The zero-order valence-electron chi connectivity index (χ0n) is 10.5. The van der Waals surface area contributed by atoms with Crippen molar-refractivity contribution in [1.82, 2.24) is 9.97 Å². The Balaban J connectivity index is 2.25. The summed E-state index contributed by atoms with van der Waals surface area (Å²) in [5, 5.41) is 21.7. The molecule has 0 aliphatic heterocycles. The number of anilines is 1. The molecular formula is C13H17N3O2. The van der Waals surface area contributed by atoms with Gasteiger partial charge in [0.2, 0.25) is 0 Å². The molecule has 3 N–H and O–H groups in total. The summed E-state index contributed by atoms with van der Waals surface area (Å²) >= 11 is 0. The molecule has 0 saturated heterocycles. The topological polar surface area (TPSA) is 78.3 Å². The summed E-state index contributed by atoms with van der Waals surface area (Å²) in [4.78, 5) is 8.88. The van der Waals surface area contributed by atoms with Crippen molar-refractivity contribution >= 4 is 16.9 Å². The van der Waals surface area contributed by atoms with E-state index in [0.717, 1.165) is 16.7 Å². The highest BCUT2D eigenvalue weighted by Gasteiger charge is 2.19. The number of aromatic nitrogens is 2. The second-order valence-electron chi connectivity index (χ2n) is 4.65. The quantitative estimate of drug-likeness (QED) is 0.754. The van der Waals surface area contributed by atoms with Crippen LogP contribution >= 0.6 is 0 Å². The molecule has 0 radical (unpaired) electrons. The number of nitrogens with zero attached hydrogens (tertiary/aromatic N) is 2. The number of aryl methyl sites for hydroxylation is 1. The van der Waals surface area contributed by atoms with Crippen LogP contribution in [0.2, 0.25) is 0 Å². The van der Waals surface area contributed by atoms with Gasteiger partial charge >= 0.3 is 0 Å². The number of rotatable bonds is 4. The van der Waals surface area contributed by atoms with Crippen molar-refractivity contribution < 1.29 is 10.2 Å². The third kappa shape index (κ3) is 2.75. The SMILES string of the molecule is Cc1nc2ccccc2nc1NCC(C)(O)CO. The summed E-state index contributed by atoms with van der Waals surface area (Å²) in [6, 6.07) is 7.61. The van der Waals surface area contributed by atoms with E-state index in [-0.39, 0.29) is 13.2 Å². The van der Waals surface area contributed by atoms with Crippen molar-refractivity contribution in [2.75, 3.05) is 18.5 Å². The van der Waals surface area contributed by atoms with Crippen LogP contribution in [0.3, 0.4) is 0 Å². The monoisotopic (exact) mass is 247 g/mol. The van der Waals surface area contributed by atoms with E-state index < -0.39 is 5.60 Å². The van der Waals surface area contributed by atoms with E-state index in [0.29, 0.717) is 5.82 Å². The van der Waals surface area contributed by atoms with Gasteiger partial charge in [-0.15, -0.1) is 0 Å². The van der Waals surface area contributed by atoms with E-state index in [4.69, 9.17) is 5.11 Å². The smallest absolute Gasteiger partial charge is 0.148 e. The fraction of sp³-hybridized carbons (Fsp3) is 0.385. The summed E-state index contributed by atoms with van der Waals surface area (Å²) in [6.45, 7) is 3.33. The highest BCUT2D eigenvalue weighted by Crippen LogP contribution is 2.16. The maximum atomic E-state index is 9.73. The molecule has 0 bridgehead atoms. The molecule has 18 heavy (non-hydrogen) atoms. The Kier molecular flexibility index (Phi) is 3.45. The van der Waals surface area contributed by atoms with Gasteiger partial charge in [-0.25, -0.2) is 9.97 Å². The first-order chi connectivity index (χ1) is 8.52. The minimum Gasteiger partial charge on any atom is -0.393 e. The molecular weight excluding hydrogens is 230 g/mol. The van der Waals surface area contributed by atoms with E-state index in [9.17, 15) is 5.11 Å². The molecule has 1 aromatic carbocycles. The Bertz CT molecular complexity index is 555. The molecule has 2 aromatic rings. The number of fused-ring (bicyclic) bond motifs is 1. The van der Waals surface area contributed by atoms with Crippen molar-refractivity contribution in [2.24, 2.45) is 0 Å². The first-order valence-electron chi connectivity index (χ1n) is 5.82. The highest BCUT2D eigenvalue weighted by atomic mass is 16.3. The normalized spacial score (nSPS) is 14.4. The average molecular weight is 247 g/mol. The average Bonchev–Trinajstić information content (AvgIpc) is 2.36. The fourth-order valence-corrected chi connectivity index (χ4v) is 1.59. The van der Waals surface area contributed by atoms with Gasteiger partial charge in [0, 0.05) is 6.54 Å². The predicted molar refractivity (Wildman–Crippen MR) is 70.5 cm³/mol. The lowest BCUT2D eigenvalue weighted by molar-refractivity contribution is 0.0131. The van der Waals surface area contributed by atoms with Gasteiger partial charge in [0.1, 0.15) is 11.4 Å². The molecule has 1 aromatic heterocycles. The van der Waals surface area contributed by atoms with E-state index in [1.165, 1.54) is 0 Å². The van der Waals surface area contributed by atoms with Crippen molar-refractivity contribution in [3.63, 3.8) is 0 Å². The number of hydrogen-bond acceptors (Lipinski definition) is 5. The third-order valence-corrected chi connectivity index (χ3v) is 2.72.